The maximum absolute atomic E-state index is 6.67. The van der Waals surface area contributed by atoms with Crippen molar-refractivity contribution >= 4 is 43.9 Å². The Labute approximate surface area is 322 Å². The standard InChI is InChI=1S/C51H31N3O2/c1-2-10-33(11-3-1)44-31-45(54-51(53-44)36-23-21-34(22-24-36)43-14-8-9-29-52-43)35-19-17-32(18-20-35)39-28-27-38(49-42-13-5-7-16-47(42)56-50(39)49)37-25-26-41-40-12-4-6-15-46(40)55-48(41)30-37/h1-31H. The number of rotatable bonds is 6. The summed E-state index contributed by atoms with van der Waals surface area (Å²) in [6, 6.07) is 62.5. The van der Waals surface area contributed by atoms with Crippen LogP contribution in [-0.2, 0) is 0 Å². The lowest BCUT2D eigenvalue weighted by Gasteiger charge is -2.11. The van der Waals surface area contributed by atoms with Crippen LogP contribution in [0.3, 0.4) is 0 Å². The highest BCUT2D eigenvalue weighted by molar-refractivity contribution is 6.17. The molecule has 262 valence electrons. The van der Waals surface area contributed by atoms with Gasteiger partial charge in [-0.2, -0.15) is 0 Å². The number of hydrogen-bond acceptors (Lipinski definition) is 5. The van der Waals surface area contributed by atoms with Crippen LogP contribution in [0.15, 0.2) is 197 Å². The summed E-state index contributed by atoms with van der Waals surface area (Å²) in [5.41, 5.74) is 14.4. The van der Waals surface area contributed by atoms with E-state index in [1.54, 1.807) is 0 Å². The molecule has 4 heterocycles. The van der Waals surface area contributed by atoms with Gasteiger partial charge in [-0.25, -0.2) is 9.97 Å². The summed E-state index contributed by atoms with van der Waals surface area (Å²) in [5, 5.41) is 4.39. The minimum absolute atomic E-state index is 0.665. The van der Waals surface area contributed by atoms with Crippen molar-refractivity contribution in [3.63, 3.8) is 0 Å². The Morgan fingerprint density at radius 1 is 0.339 bits per heavy atom. The highest BCUT2D eigenvalue weighted by atomic mass is 16.3. The second kappa shape index (κ2) is 13.0. The molecule has 0 spiro atoms. The summed E-state index contributed by atoms with van der Waals surface area (Å²) in [4.78, 5) is 14.7. The lowest BCUT2D eigenvalue weighted by Crippen LogP contribution is -1.96. The van der Waals surface area contributed by atoms with Crippen molar-refractivity contribution < 1.29 is 8.83 Å². The molecule has 7 aromatic carbocycles. The highest BCUT2D eigenvalue weighted by Crippen LogP contribution is 2.43. The zero-order chi connectivity index (χ0) is 37.0. The van der Waals surface area contributed by atoms with Gasteiger partial charge in [0.25, 0.3) is 0 Å². The zero-order valence-electron chi connectivity index (χ0n) is 30.1. The molecule has 0 aliphatic heterocycles. The molecule has 0 bridgehead atoms. The van der Waals surface area contributed by atoms with E-state index in [0.717, 1.165) is 105 Å². The number of para-hydroxylation sites is 2. The highest BCUT2D eigenvalue weighted by Gasteiger charge is 2.19. The van der Waals surface area contributed by atoms with Crippen LogP contribution in [0.4, 0.5) is 0 Å². The minimum atomic E-state index is 0.665. The topological polar surface area (TPSA) is 65.0 Å². The predicted octanol–water partition coefficient (Wildman–Crippen LogP) is 13.7. The summed E-state index contributed by atoms with van der Waals surface area (Å²) in [6.07, 6.45) is 1.81. The quantitative estimate of drug-likeness (QED) is 0.171. The Morgan fingerprint density at radius 3 is 1.66 bits per heavy atom. The molecule has 56 heavy (non-hydrogen) atoms. The molecule has 0 aliphatic rings. The molecular formula is C51H31N3O2. The van der Waals surface area contributed by atoms with Crippen molar-refractivity contribution in [2.45, 2.75) is 0 Å². The first kappa shape index (κ1) is 31.9. The molecule has 0 fully saturated rings. The van der Waals surface area contributed by atoms with E-state index in [1.165, 1.54) is 0 Å². The van der Waals surface area contributed by atoms with E-state index in [0.29, 0.717) is 5.82 Å². The van der Waals surface area contributed by atoms with Gasteiger partial charge in [-0.1, -0.05) is 133 Å². The van der Waals surface area contributed by atoms with E-state index in [4.69, 9.17) is 18.8 Å². The van der Waals surface area contributed by atoms with E-state index < -0.39 is 0 Å². The van der Waals surface area contributed by atoms with E-state index in [2.05, 4.69) is 126 Å². The molecule has 0 saturated carbocycles. The average molecular weight is 718 g/mol. The Morgan fingerprint density at radius 2 is 0.911 bits per heavy atom. The lowest BCUT2D eigenvalue weighted by molar-refractivity contribution is 0.668. The van der Waals surface area contributed by atoms with E-state index in [1.807, 2.05) is 66.9 Å². The maximum atomic E-state index is 6.67. The molecule has 0 amide bonds. The van der Waals surface area contributed by atoms with Crippen molar-refractivity contribution in [2.75, 3.05) is 0 Å². The molecule has 5 nitrogen and oxygen atoms in total. The van der Waals surface area contributed by atoms with Crippen LogP contribution in [0, 0.1) is 0 Å². The largest absolute Gasteiger partial charge is 0.456 e. The number of pyridine rings is 1. The molecule has 0 atom stereocenters. The second-order valence-corrected chi connectivity index (χ2v) is 14.0. The molecule has 0 aliphatic carbocycles. The third-order valence-electron chi connectivity index (χ3n) is 10.6. The van der Waals surface area contributed by atoms with Crippen LogP contribution in [-0.4, -0.2) is 15.0 Å². The Kier molecular flexibility index (Phi) is 7.42. The monoisotopic (exact) mass is 717 g/mol. The van der Waals surface area contributed by atoms with E-state index >= 15 is 0 Å². The SMILES string of the molecule is c1ccc(-c2cc(-c3ccc(-c4ccc(-c5ccc6c(c5)oc5ccccc56)c5c4oc4ccccc45)cc3)nc(-c3ccc(-c4ccccn4)cc3)n2)cc1. The molecule has 11 aromatic rings. The fourth-order valence-electron chi connectivity index (χ4n) is 7.81. The predicted molar refractivity (Wildman–Crippen MR) is 227 cm³/mol. The summed E-state index contributed by atoms with van der Waals surface area (Å²) in [5.74, 6) is 0.665. The molecule has 0 unspecified atom stereocenters. The number of nitrogens with zero attached hydrogens (tertiary/aromatic N) is 3. The average Bonchev–Trinajstić information content (AvgIpc) is 3.85. The van der Waals surface area contributed by atoms with Crippen LogP contribution < -0.4 is 0 Å². The first-order valence-electron chi connectivity index (χ1n) is 18.7. The van der Waals surface area contributed by atoms with Crippen molar-refractivity contribution in [3.8, 4) is 67.4 Å². The first-order valence-corrected chi connectivity index (χ1v) is 18.7. The van der Waals surface area contributed by atoms with Crippen molar-refractivity contribution in [1.29, 1.82) is 0 Å². The molecule has 11 rings (SSSR count). The van der Waals surface area contributed by atoms with Gasteiger partial charge in [0, 0.05) is 55.6 Å². The number of aromatic nitrogens is 3. The fourth-order valence-corrected chi connectivity index (χ4v) is 7.81. The third kappa shape index (κ3) is 5.45. The normalized spacial score (nSPS) is 11.6. The van der Waals surface area contributed by atoms with Gasteiger partial charge in [0.05, 0.1) is 17.1 Å². The summed E-state index contributed by atoms with van der Waals surface area (Å²) in [6.45, 7) is 0. The van der Waals surface area contributed by atoms with Gasteiger partial charge in [-0.3, -0.25) is 4.98 Å². The first-order chi connectivity index (χ1) is 27.7. The van der Waals surface area contributed by atoms with E-state index in [-0.39, 0.29) is 0 Å². The van der Waals surface area contributed by atoms with Gasteiger partial charge in [-0.15, -0.1) is 0 Å². The van der Waals surface area contributed by atoms with Crippen molar-refractivity contribution in [3.05, 3.63) is 188 Å². The van der Waals surface area contributed by atoms with Crippen LogP contribution in [0.2, 0.25) is 0 Å². The summed E-state index contributed by atoms with van der Waals surface area (Å²) in [7, 11) is 0. The van der Waals surface area contributed by atoms with Gasteiger partial charge < -0.3 is 8.83 Å². The fraction of sp³-hybridized carbons (Fsp3) is 0. The van der Waals surface area contributed by atoms with Gasteiger partial charge in [0.15, 0.2) is 5.82 Å². The second-order valence-electron chi connectivity index (χ2n) is 14.0. The van der Waals surface area contributed by atoms with Crippen LogP contribution in [0.25, 0.3) is 111 Å². The summed E-state index contributed by atoms with van der Waals surface area (Å²) >= 11 is 0. The Balaban J connectivity index is 0.998. The van der Waals surface area contributed by atoms with Crippen LogP contribution in [0.1, 0.15) is 0 Å². The van der Waals surface area contributed by atoms with Crippen molar-refractivity contribution in [1.82, 2.24) is 15.0 Å². The Hall–Kier alpha value is -7.63. The zero-order valence-corrected chi connectivity index (χ0v) is 30.1. The van der Waals surface area contributed by atoms with Crippen molar-refractivity contribution in [2.24, 2.45) is 0 Å². The van der Waals surface area contributed by atoms with Gasteiger partial charge in [0.1, 0.15) is 22.3 Å². The number of fused-ring (bicyclic) bond motifs is 6. The number of benzene rings is 7. The number of furan rings is 2. The Bertz CT molecular complexity index is 3220. The van der Waals surface area contributed by atoms with Crippen LogP contribution in [0.5, 0.6) is 0 Å². The molecule has 0 N–H and O–H groups in total. The molecule has 0 radical (unpaired) electrons. The van der Waals surface area contributed by atoms with Crippen LogP contribution >= 0.6 is 0 Å². The lowest BCUT2D eigenvalue weighted by atomic mass is 9.93. The molecular weight excluding hydrogens is 687 g/mol. The van der Waals surface area contributed by atoms with Gasteiger partial charge in [0.2, 0.25) is 0 Å². The smallest absolute Gasteiger partial charge is 0.160 e. The maximum Gasteiger partial charge on any atom is 0.160 e. The van der Waals surface area contributed by atoms with Gasteiger partial charge >= 0.3 is 0 Å². The minimum Gasteiger partial charge on any atom is -0.456 e. The molecule has 4 aromatic heterocycles. The summed E-state index contributed by atoms with van der Waals surface area (Å²) < 4.78 is 13.0. The number of hydrogen-bond donors (Lipinski definition) is 0. The third-order valence-corrected chi connectivity index (χ3v) is 10.6. The van der Waals surface area contributed by atoms with E-state index in [9.17, 15) is 0 Å². The molecule has 0 saturated heterocycles. The molecule has 5 heteroatoms. The van der Waals surface area contributed by atoms with Gasteiger partial charge in [-0.05, 0) is 65.2 Å².